The number of anilines is 1. The zero-order valence-corrected chi connectivity index (χ0v) is 11.6. The summed E-state index contributed by atoms with van der Waals surface area (Å²) in [5.74, 6) is -10.9. The number of nitrogens with zero attached hydrogens (tertiary/aromatic N) is 1. The van der Waals surface area contributed by atoms with E-state index in [4.69, 9.17) is 0 Å². The van der Waals surface area contributed by atoms with Gasteiger partial charge in [-0.25, -0.2) is 22.0 Å². The van der Waals surface area contributed by atoms with Gasteiger partial charge in [0.25, 0.3) is 5.91 Å². The van der Waals surface area contributed by atoms with Crippen LogP contribution in [0.4, 0.5) is 27.6 Å². The number of para-hydroxylation sites is 1. The largest absolute Gasteiger partial charge is 0.311 e. The summed E-state index contributed by atoms with van der Waals surface area (Å²) in [4.78, 5) is 13.4. The van der Waals surface area contributed by atoms with E-state index in [1.54, 1.807) is 18.2 Å². The predicted molar refractivity (Wildman–Crippen MR) is 74.0 cm³/mol. The van der Waals surface area contributed by atoms with Crippen molar-refractivity contribution in [3.8, 4) is 0 Å². The third kappa shape index (κ3) is 2.11. The second-order valence-corrected chi connectivity index (χ2v) is 4.92. The molecule has 7 heteroatoms. The molecule has 23 heavy (non-hydrogen) atoms. The number of hydrogen-bond donors (Lipinski definition) is 0. The van der Waals surface area contributed by atoms with Crippen LogP contribution in [0.1, 0.15) is 11.1 Å². The molecule has 2 aromatic rings. The van der Waals surface area contributed by atoms with Gasteiger partial charge in [0, 0.05) is 12.6 Å². The van der Waals surface area contributed by atoms with E-state index in [0.717, 1.165) is 0 Å². The van der Waals surface area contributed by atoms with E-state index in [-0.39, 0.29) is 5.57 Å². The minimum absolute atomic E-state index is 0.147. The number of carbonyl (C=O) groups excluding carboxylic acids is 1. The SMILES string of the molecule is CN1C(=O)/C(=C\c2c(F)c(F)c(F)c(F)c2F)c2ccccc21. The van der Waals surface area contributed by atoms with E-state index in [9.17, 15) is 26.7 Å². The third-order valence-corrected chi connectivity index (χ3v) is 3.62. The summed E-state index contributed by atoms with van der Waals surface area (Å²) in [6, 6.07) is 6.38. The number of halogens is 5. The first-order valence-corrected chi connectivity index (χ1v) is 6.45. The predicted octanol–water partition coefficient (Wildman–Crippen LogP) is 3.90. The minimum Gasteiger partial charge on any atom is -0.311 e. The van der Waals surface area contributed by atoms with E-state index in [1.165, 1.54) is 18.0 Å². The fraction of sp³-hybridized carbons (Fsp3) is 0.0625. The highest BCUT2D eigenvalue weighted by Gasteiger charge is 2.31. The highest BCUT2D eigenvalue weighted by Crippen LogP contribution is 2.37. The van der Waals surface area contributed by atoms with Crippen LogP contribution in [-0.4, -0.2) is 13.0 Å². The van der Waals surface area contributed by atoms with Crippen LogP contribution in [0.15, 0.2) is 24.3 Å². The molecule has 0 radical (unpaired) electrons. The maximum absolute atomic E-state index is 13.8. The smallest absolute Gasteiger partial charge is 0.258 e. The summed E-state index contributed by atoms with van der Waals surface area (Å²) >= 11 is 0. The Labute approximate surface area is 127 Å². The van der Waals surface area contributed by atoms with E-state index >= 15 is 0 Å². The van der Waals surface area contributed by atoms with Crippen molar-refractivity contribution in [2.24, 2.45) is 0 Å². The molecule has 0 N–H and O–H groups in total. The summed E-state index contributed by atoms with van der Waals surface area (Å²) in [6.07, 6.45) is 0.681. The molecule has 0 spiro atoms. The number of benzene rings is 2. The highest BCUT2D eigenvalue weighted by molar-refractivity contribution is 6.35. The van der Waals surface area contributed by atoms with Crippen molar-refractivity contribution in [2.45, 2.75) is 0 Å². The maximum Gasteiger partial charge on any atom is 0.258 e. The quantitative estimate of drug-likeness (QED) is 0.337. The molecule has 0 aliphatic carbocycles. The lowest BCUT2D eigenvalue weighted by Crippen LogP contribution is -2.20. The lowest BCUT2D eigenvalue weighted by Gasteiger charge is -2.08. The van der Waals surface area contributed by atoms with E-state index in [1.807, 2.05) is 0 Å². The van der Waals surface area contributed by atoms with Crippen LogP contribution in [0, 0.1) is 29.1 Å². The fourth-order valence-electron chi connectivity index (χ4n) is 2.43. The lowest BCUT2D eigenvalue weighted by atomic mass is 10.0. The van der Waals surface area contributed by atoms with Gasteiger partial charge < -0.3 is 4.90 Å². The van der Waals surface area contributed by atoms with Crippen LogP contribution in [0.5, 0.6) is 0 Å². The molecule has 1 heterocycles. The standard InChI is InChI=1S/C16H8F5NO/c1-22-10-5-3-2-4-7(10)8(16(22)23)6-9-11(17)13(19)15(21)14(20)12(9)18/h2-6H,1H3/b8-6-. The maximum atomic E-state index is 13.8. The molecule has 0 saturated carbocycles. The Hall–Kier alpha value is -2.70. The van der Waals surface area contributed by atoms with Gasteiger partial charge in [0.15, 0.2) is 23.3 Å². The second kappa shape index (κ2) is 5.19. The van der Waals surface area contributed by atoms with Gasteiger partial charge >= 0.3 is 0 Å². The average Bonchev–Trinajstić information content (AvgIpc) is 2.80. The zero-order chi connectivity index (χ0) is 16.9. The van der Waals surface area contributed by atoms with Gasteiger partial charge in [0.2, 0.25) is 5.82 Å². The first-order chi connectivity index (χ1) is 10.8. The molecule has 118 valence electrons. The summed E-state index contributed by atoms with van der Waals surface area (Å²) in [5.41, 5.74) is -0.460. The number of hydrogen-bond acceptors (Lipinski definition) is 1. The van der Waals surface area contributed by atoms with Crippen molar-refractivity contribution in [3.05, 3.63) is 64.5 Å². The molecule has 0 unspecified atom stereocenters. The Morgan fingerprint density at radius 2 is 1.39 bits per heavy atom. The van der Waals surface area contributed by atoms with Crippen molar-refractivity contribution in [3.63, 3.8) is 0 Å². The zero-order valence-electron chi connectivity index (χ0n) is 11.6. The summed E-state index contributed by atoms with van der Waals surface area (Å²) in [7, 11) is 1.44. The third-order valence-electron chi connectivity index (χ3n) is 3.62. The second-order valence-electron chi connectivity index (χ2n) is 4.92. The Balaban J connectivity index is 2.27. The van der Waals surface area contributed by atoms with Crippen molar-refractivity contribution in [1.82, 2.24) is 0 Å². The molecule has 0 bridgehead atoms. The number of rotatable bonds is 1. The van der Waals surface area contributed by atoms with Crippen LogP contribution in [0.25, 0.3) is 11.6 Å². The molecule has 2 aromatic carbocycles. The average molecular weight is 325 g/mol. The molecule has 0 atom stereocenters. The van der Waals surface area contributed by atoms with E-state index in [0.29, 0.717) is 17.3 Å². The van der Waals surface area contributed by atoms with Crippen LogP contribution >= 0.6 is 0 Å². The first kappa shape index (κ1) is 15.2. The summed E-state index contributed by atoms with van der Waals surface area (Å²) in [5, 5.41) is 0. The van der Waals surface area contributed by atoms with Crippen molar-refractivity contribution >= 4 is 23.2 Å². The Bertz CT molecular complexity index is 846. The minimum atomic E-state index is -2.24. The summed E-state index contributed by atoms with van der Waals surface area (Å²) in [6.45, 7) is 0. The van der Waals surface area contributed by atoms with Gasteiger partial charge in [0.1, 0.15) is 0 Å². The van der Waals surface area contributed by atoms with Crippen LogP contribution < -0.4 is 4.90 Å². The summed E-state index contributed by atoms with van der Waals surface area (Å²) < 4.78 is 67.1. The van der Waals surface area contributed by atoms with Gasteiger partial charge in [-0.1, -0.05) is 18.2 Å². The van der Waals surface area contributed by atoms with Crippen LogP contribution in [-0.2, 0) is 4.79 Å². The molecule has 1 aliphatic heterocycles. The Morgan fingerprint density at radius 1 is 0.870 bits per heavy atom. The van der Waals surface area contributed by atoms with E-state index < -0.39 is 40.6 Å². The monoisotopic (exact) mass is 325 g/mol. The Morgan fingerprint density at radius 3 is 2.00 bits per heavy atom. The Kier molecular flexibility index (Phi) is 3.43. The molecule has 2 nitrogen and oxygen atoms in total. The molecule has 1 aliphatic rings. The molecule has 3 rings (SSSR count). The molecule has 1 amide bonds. The van der Waals surface area contributed by atoms with Crippen LogP contribution in [0.3, 0.4) is 0 Å². The van der Waals surface area contributed by atoms with Gasteiger partial charge in [-0.2, -0.15) is 0 Å². The van der Waals surface area contributed by atoms with Crippen molar-refractivity contribution in [2.75, 3.05) is 11.9 Å². The normalized spacial score (nSPS) is 15.5. The fourth-order valence-corrected chi connectivity index (χ4v) is 2.43. The van der Waals surface area contributed by atoms with E-state index in [2.05, 4.69) is 0 Å². The van der Waals surface area contributed by atoms with Gasteiger partial charge in [0.05, 0.1) is 16.8 Å². The van der Waals surface area contributed by atoms with Crippen molar-refractivity contribution < 1.29 is 26.7 Å². The van der Waals surface area contributed by atoms with Crippen LogP contribution in [0.2, 0.25) is 0 Å². The number of likely N-dealkylation sites (N-methyl/N-ethyl adjacent to an activating group) is 1. The molecular weight excluding hydrogens is 317 g/mol. The molecule has 0 fully saturated rings. The number of carbonyl (C=O) groups is 1. The number of amides is 1. The molecule has 0 aromatic heterocycles. The van der Waals surface area contributed by atoms with Gasteiger partial charge in [-0.15, -0.1) is 0 Å². The number of fused-ring (bicyclic) bond motifs is 1. The topological polar surface area (TPSA) is 20.3 Å². The lowest BCUT2D eigenvalue weighted by molar-refractivity contribution is -0.112. The highest BCUT2D eigenvalue weighted by atomic mass is 19.2. The van der Waals surface area contributed by atoms with Gasteiger partial charge in [-0.3, -0.25) is 4.79 Å². The molecule has 0 saturated heterocycles. The van der Waals surface area contributed by atoms with Gasteiger partial charge in [-0.05, 0) is 12.1 Å². The van der Waals surface area contributed by atoms with Crippen molar-refractivity contribution in [1.29, 1.82) is 0 Å². The molecular formula is C16H8F5NO. The first-order valence-electron chi connectivity index (χ1n) is 6.45.